The standard InChI is InChI=1S/C16H22N6O2S/c1-20(25(23,24)13-5-6-13)12-9-21(10-12)15-8-7-14-17-18-16(22(14)19-15)11-3-2-4-11/h7-8,11-13H,2-6,9-10H2,1H3. The number of fused-ring (bicyclic) bond motifs is 1. The number of anilines is 1. The normalized spacial score (nSPS) is 22.4. The van der Waals surface area contributed by atoms with Crippen molar-refractivity contribution in [3.05, 3.63) is 18.0 Å². The molecule has 0 atom stereocenters. The summed E-state index contributed by atoms with van der Waals surface area (Å²) in [5.41, 5.74) is 0.774. The third-order valence-electron chi connectivity index (χ3n) is 5.79. The molecule has 0 amide bonds. The van der Waals surface area contributed by atoms with Crippen LogP contribution in [0.2, 0.25) is 0 Å². The van der Waals surface area contributed by atoms with Crippen molar-refractivity contribution >= 4 is 21.5 Å². The van der Waals surface area contributed by atoms with Crippen molar-refractivity contribution in [2.24, 2.45) is 0 Å². The molecule has 9 heteroatoms. The molecule has 134 valence electrons. The predicted octanol–water partition coefficient (Wildman–Crippen LogP) is 1.00. The fraction of sp³-hybridized carbons (Fsp3) is 0.688. The molecule has 5 rings (SSSR count). The van der Waals surface area contributed by atoms with Crippen LogP contribution in [0.25, 0.3) is 5.65 Å². The van der Waals surface area contributed by atoms with Crippen molar-refractivity contribution in [2.75, 3.05) is 25.0 Å². The third kappa shape index (κ3) is 2.43. The molecular formula is C16H22N6O2S. The molecule has 2 aliphatic carbocycles. The number of hydrogen-bond acceptors (Lipinski definition) is 6. The molecule has 0 aromatic carbocycles. The minimum Gasteiger partial charge on any atom is -0.352 e. The number of nitrogens with zero attached hydrogens (tertiary/aromatic N) is 6. The van der Waals surface area contributed by atoms with Gasteiger partial charge in [-0.25, -0.2) is 8.42 Å². The molecule has 2 saturated carbocycles. The van der Waals surface area contributed by atoms with E-state index in [0.29, 0.717) is 19.0 Å². The quantitative estimate of drug-likeness (QED) is 0.789. The summed E-state index contributed by atoms with van der Waals surface area (Å²) >= 11 is 0. The lowest BCUT2D eigenvalue weighted by Crippen LogP contribution is -2.60. The molecule has 25 heavy (non-hydrogen) atoms. The van der Waals surface area contributed by atoms with Crippen LogP contribution in [0.3, 0.4) is 0 Å². The first-order valence-electron chi connectivity index (χ1n) is 8.98. The molecule has 0 spiro atoms. The maximum absolute atomic E-state index is 12.3. The van der Waals surface area contributed by atoms with Crippen molar-refractivity contribution in [1.29, 1.82) is 0 Å². The lowest BCUT2D eigenvalue weighted by molar-refractivity contribution is 0.308. The first-order chi connectivity index (χ1) is 12.0. The number of aromatic nitrogens is 4. The van der Waals surface area contributed by atoms with E-state index in [1.165, 1.54) is 6.42 Å². The van der Waals surface area contributed by atoms with E-state index in [9.17, 15) is 8.42 Å². The average molecular weight is 362 g/mol. The molecule has 1 aliphatic heterocycles. The third-order valence-corrected chi connectivity index (χ3v) is 8.21. The molecule has 1 saturated heterocycles. The van der Waals surface area contributed by atoms with Gasteiger partial charge in [-0.15, -0.1) is 15.3 Å². The Labute approximate surface area is 146 Å². The van der Waals surface area contributed by atoms with E-state index in [1.54, 1.807) is 11.4 Å². The maximum Gasteiger partial charge on any atom is 0.217 e. The lowest BCUT2D eigenvalue weighted by Gasteiger charge is -2.43. The van der Waals surface area contributed by atoms with Gasteiger partial charge in [0, 0.05) is 26.1 Å². The number of rotatable bonds is 5. The van der Waals surface area contributed by atoms with Gasteiger partial charge in [-0.2, -0.15) is 8.82 Å². The van der Waals surface area contributed by atoms with Crippen LogP contribution in [0.5, 0.6) is 0 Å². The van der Waals surface area contributed by atoms with E-state index >= 15 is 0 Å². The zero-order valence-corrected chi connectivity index (χ0v) is 15.1. The highest BCUT2D eigenvalue weighted by molar-refractivity contribution is 7.90. The van der Waals surface area contributed by atoms with Crippen molar-refractivity contribution in [2.45, 2.75) is 49.3 Å². The Bertz CT molecular complexity index is 912. The summed E-state index contributed by atoms with van der Waals surface area (Å²) in [6.07, 6.45) is 5.16. The Morgan fingerprint density at radius 1 is 1.12 bits per heavy atom. The van der Waals surface area contributed by atoms with Gasteiger partial charge in [-0.1, -0.05) is 6.42 Å². The SMILES string of the molecule is CN(C1CN(c2ccc3nnc(C4CCC4)n3n2)C1)S(=O)(=O)C1CC1. The summed E-state index contributed by atoms with van der Waals surface area (Å²) in [5.74, 6) is 2.28. The second kappa shape index (κ2) is 5.38. The van der Waals surface area contributed by atoms with Gasteiger partial charge in [-0.3, -0.25) is 0 Å². The average Bonchev–Trinajstić information content (AvgIpc) is 3.28. The summed E-state index contributed by atoms with van der Waals surface area (Å²) < 4.78 is 28.1. The topological polar surface area (TPSA) is 83.7 Å². The molecule has 3 fully saturated rings. The van der Waals surface area contributed by atoms with Gasteiger partial charge < -0.3 is 4.90 Å². The number of likely N-dealkylation sites (N-methyl/N-ethyl adjacent to an activating group) is 1. The highest BCUT2D eigenvalue weighted by Gasteiger charge is 2.44. The van der Waals surface area contributed by atoms with Crippen LogP contribution < -0.4 is 4.90 Å². The molecule has 3 heterocycles. The van der Waals surface area contributed by atoms with Crippen molar-refractivity contribution in [1.82, 2.24) is 24.1 Å². The predicted molar refractivity (Wildman–Crippen MR) is 93.1 cm³/mol. The van der Waals surface area contributed by atoms with E-state index in [2.05, 4.69) is 15.1 Å². The van der Waals surface area contributed by atoms with Crippen LogP contribution >= 0.6 is 0 Å². The molecule has 2 aromatic rings. The number of hydrogen-bond donors (Lipinski definition) is 0. The van der Waals surface area contributed by atoms with Gasteiger partial charge >= 0.3 is 0 Å². The fourth-order valence-electron chi connectivity index (χ4n) is 3.57. The smallest absolute Gasteiger partial charge is 0.217 e. The van der Waals surface area contributed by atoms with Gasteiger partial charge in [0.25, 0.3) is 0 Å². The Kier molecular flexibility index (Phi) is 3.34. The summed E-state index contributed by atoms with van der Waals surface area (Å²) in [7, 11) is -1.40. The monoisotopic (exact) mass is 362 g/mol. The van der Waals surface area contributed by atoms with Crippen LogP contribution in [-0.4, -0.2) is 64.0 Å². The Morgan fingerprint density at radius 3 is 2.52 bits per heavy atom. The highest BCUT2D eigenvalue weighted by Crippen LogP contribution is 2.36. The minimum absolute atomic E-state index is 0.0371. The van der Waals surface area contributed by atoms with E-state index in [1.807, 2.05) is 16.6 Å². The van der Waals surface area contributed by atoms with Crippen LogP contribution in [-0.2, 0) is 10.0 Å². The molecule has 0 unspecified atom stereocenters. The first kappa shape index (κ1) is 15.5. The van der Waals surface area contributed by atoms with E-state index in [4.69, 9.17) is 5.10 Å². The molecule has 8 nitrogen and oxygen atoms in total. The molecule has 0 bridgehead atoms. The van der Waals surface area contributed by atoms with Crippen molar-refractivity contribution < 1.29 is 8.42 Å². The van der Waals surface area contributed by atoms with Gasteiger partial charge in [0.05, 0.1) is 11.3 Å². The molecular weight excluding hydrogens is 340 g/mol. The summed E-state index contributed by atoms with van der Waals surface area (Å²) in [4.78, 5) is 2.12. The number of sulfonamides is 1. The van der Waals surface area contributed by atoms with E-state index in [0.717, 1.165) is 43.0 Å². The zero-order valence-electron chi connectivity index (χ0n) is 14.2. The fourth-order valence-corrected chi connectivity index (χ4v) is 5.32. The van der Waals surface area contributed by atoms with Gasteiger partial charge in [0.15, 0.2) is 11.5 Å². The van der Waals surface area contributed by atoms with Gasteiger partial charge in [0.1, 0.15) is 5.82 Å². The second-order valence-corrected chi connectivity index (χ2v) is 9.74. The zero-order chi connectivity index (χ0) is 17.2. The summed E-state index contributed by atoms with van der Waals surface area (Å²) in [6.45, 7) is 1.36. The Hall–Kier alpha value is -1.74. The molecule has 2 aromatic heterocycles. The molecule has 0 N–H and O–H groups in total. The summed E-state index contributed by atoms with van der Waals surface area (Å²) in [6, 6.07) is 3.92. The second-order valence-electron chi connectivity index (χ2n) is 7.47. The van der Waals surface area contributed by atoms with Gasteiger partial charge in [0.2, 0.25) is 10.0 Å². The summed E-state index contributed by atoms with van der Waals surface area (Å²) in [5, 5.41) is 13.1. The minimum atomic E-state index is -3.11. The van der Waals surface area contributed by atoms with Crippen molar-refractivity contribution in [3.8, 4) is 0 Å². The highest BCUT2D eigenvalue weighted by atomic mass is 32.2. The Morgan fingerprint density at radius 2 is 1.88 bits per heavy atom. The van der Waals surface area contributed by atoms with E-state index in [-0.39, 0.29) is 11.3 Å². The van der Waals surface area contributed by atoms with Gasteiger partial charge in [-0.05, 0) is 37.8 Å². The Balaban J connectivity index is 1.33. The lowest BCUT2D eigenvalue weighted by atomic mass is 9.85. The molecule has 3 aliphatic rings. The van der Waals surface area contributed by atoms with Crippen LogP contribution in [0.4, 0.5) is 5.82 Å². The maximum atomic E-state index is 12.3. The van der Waals surface area contributed by atoms with Crippen molar-refractivity contribution in [3.63, 3.8) is 0 Å². The largest absolute Gasteiger partial charge is 0.352 e. The first-order valence-corrected chi connectivity index (χ1v) is 10.5. The molecule has 0 radical (unpaired) electrons. The van der Waals surface area contributed by atoms with E-state index < -0.39 is 10.0 Å². The van der Waals surface area contributed by atoms with Crippen LogP contribution in [0, 0.1) is 0 Å². The van der Waals surface area contributed by atoms with Crippen LogP contribution in [0.15, 0.2) is 12.1 Å². The van der Waals surface area contributed by atoms with Crippen LogP contribution in [0.1, 0.15) is 43.8 Å².